The molecule has 1 aliphatic rings. The number of rotatable bonds is 9. The van der Waals surface area contributed by atoms with E-state index >= 15 is 0 Å². The summed E-state index contributed by atoms with van der Waals surface area (Å²) in [7, 11) is 0. The van der Waals surface area contributed by atoms with E-state index in [1.54, 1.807) is 0 Å². The smallest absolute Gasteiger partial charge is 0.225 e. The molecule has 0 spiro atoms. The van der Waals surface area contributed by atoms with Crippen LogP contribution in [0.4, 0.5) is 0 Å². The Balaban J connectivity index is 2.26. The third-order valence-corrected chi connectivity index (χ3v) is 3.20. The number of aliphatic hydroxyl groups excluding tert-OH is 1. The monoisotopic (exact) mass is 243 g/mol. The van der Waals surface area contributed by atoms with Gasteiger partial charge in [0.05, 0.1) is 13.0 Å². The van der Waals surface area contributed by atoms with Crippen LogP contribution in [0.5, 0.6) is 0 Å². The van der Waals surface area contributed by atoms with Crippen LogP contribution in [0.2, 0.25) is 0 Å². The van der Waals surface area contributed by atoms with Crippen LogP contribution in [-0.4, -0.2) is 48.3 Å². The lowest BCUT2D eigenvalue weighted by atomic mass is 9.91. The summed E-state index contributed by atoms with van der Waals surface area (Å²) in [5.74, 6) is 0.180. The maximum Gasteiger partial charge on any atom is 0.225 e. The molecule has 0 bridgehead atoms. The Kier molecular flexibility index (Phi) is 7.21. The Morgan fingerprint density at radius 2 is 2.18 bits per heavy atom. The van der Waals surface area contributed by atoms with Crippen LogP contribution in [0.1, 0.15) is 45.4 Å². The second kappa shape index (κ2) is 8.48. The van der Waals surface area contributed by atoms with E-state index < -0.39 is 0 Å². The molecule has 0 aromatic carbocycles. The van der Waals surface area contributed by atoms with Crippen molar-refractivity contribution < 1.29 is 14.6 Å². The Morgan fingerprint density at radius 3 is 2.71 bits per heavy atom. The Hall–Kier alpha value is -0.610. The lowest BCUT2D eigenvalue weighted by molar-refractivity contribution is -0.136. The van der Waals surface area contributed by atoms with E-state index in [2.05, 4.69) is 6.92 Å². The van der Waals surface area contributed by atoms with Gasteiger partial charge >= 0.3 is 0 Å². The average Bonchev–Trinajstić information content (AvgIpc) is 2.27. The Labute approximate surface area is 104 Å². The van der Waals surface area contributed by atoms with Gasteiger partial charge in [-0.15, -0.1) is 0 Å². The summed E-state index contributed by atoms with van der Waals surface area (Å²) in [5, 5.41) is 8.85. The molecular weight excluding hydrogens is 218 g/mol. The fourth-order valence-electron chi connectivity index (χ4n) is 2.00. The number of amides is 1. The highest BCUT2D eigenvalue weighted by molar-refractivity contribution is 5.76. The van der Waals surface area contributed by atoms with Gasteiger partial charge < -0.3 is 14.7 Å². The zero-order valence-electron chi connectivity index (χ0n) is 10.9. The largest absolute Gasteiger partial charge is 0.396 e. The number of hydrogen-bond donors (Lipinski definition) is 1. The molecule has 1 saturated carbocycles. The third-order valence-electron chi connectivity index (χ3n) is 3.20. The molecule has 4 nitrogen and oxygen atoms in total. The normalized spacial score (nSPS) is 15.6. The van der Waals surface area contributed by atoms with E-state index in [0.717, 1.165) is 25.9 Å². The molecule has 0 radical (unpaired) electrons. The van der Waals surface area contributed by atoms with Crippen molar-refractivity contribution in [1.29, 1.82) is 0 Å². The van der Waals surface area contributed by atoms with Gasteiger partial charge in [-0.25, -0.2) is 0 Å². The molecule has 1 N–H and O–H groups in total. The second-order valence-corrected chi connectivity index (χ2v) is 4.61. The van der Waals surface area contributed by atoms with Crippen LogP contribution >= 0.6 is 0 Å². The van der Waals surface area contributed by atoms with Crippen LogP contribution < -0.4 is 0 Å². The topological polar surface area (TPSA) is 49.8 Å². The zero-order chi connectivity index (χ0) is 12.5. The standard InChI is InChI=1S/C13H25NO3/c1-2-10-17-11-7-13(16)14(8-4-9-15)12-5-3-6-12/h12,15H,2-11H2,1H3. The fraction of sp³-hybridized carbons (Fsp3) is 0.923. The van der Waals surface area contributed by atoms with Crippen molar-refractivity contribution in [2.45, 2.75) is 51.5 Å². The van der Waals surface area contributed by atoms with Gasteiger partial charge in [-0.05, 0) is 32.1 Å². The minimum Gasteiger partial charge on any atom is -0.396 e. The number of ether oxygens (including phenoxy) is 1. The fourth-order valence-corrected chi connectivity index (χ4v) is 2.00. The number of carbonyl (C=O) groups excluding carboxylic acids is 1. The molecule has 100 valence electrons. The van der Waals surface area contributed by atoms with Gasteiger partial charge in [0.2, 0.25) is 5.91 Å². The van der Waals surface area contributed by atoms with E-state index in [-0.39, 0.29) is 12.5 Å². The summed E-state index contributed by atoms with van der Waals surface area (Å²) >= 11 is 0. The molecule has 0 aliphatic heterocycles. The minimum atomic E-state index is 0.156. The van der Waals surface area contributed by atoms with Crippen LogP contribution in [0.25, 0.3) is 0 Å². The van der Waals surface area contributed by atoms with Crippen LogP contribution in [0.3, 0.4) is 0 Å². The second-order valence-electron chi connectivity index (χ2n) is 4.61. The van der Waals surface area contributed by atoms with Crippen LogP contribution in [-0.2, 0) is 9.53 Å². The summed E-state index contributed by atoms with van der Waals surface area (Å²) in [6.45, 7) is 4.16. The first kappa shape index (κ1) is 14.5. The van der Waals surface area contributed by atoms with Crippen molar-refractivity contribution in [2.75, 3.05) is 26.4 Å². The van der Waals surface area contributed by atoms with Crippen molar-refractivity contribution >= 4 is 5.91 Å². The van der Waals surface area contributed by atoms with Gasteiger partial charge in [0, 0.05) is 25.8 Å². The predicted octanol–water partition coefficient (Wildman–Crippen LogP) is 1.57. The van der Waals surface area contributed by atoms with Crippen molar-refractivity contribution in [3.8, 4) is 0 Å². The molecule has 1 aliphatic carbocycles. The predicted molar refractivity (Wildman–Crippen MR) is 66.8 cm³/mol. The van der Waals surface area contributed by atoms with Gasteiger partial charge in [-0.1, -0.05) is 6.92 Å². The molecule has 0 aromatic heterocycles. The third kappa shape index (κ3) is 5.04. The first-order valence-electron chi connectivity index (χ1n) is 6.77. The first-order valence-corrected chi connectivity index (χ1v) is 6.77. The van der Waals surface area contributed by atoms with Crippen molar-refractivity contribution in [3.05, 3.63) is 0 Å². The van der Waals surface area contributed by atoms with Gasteiger partial charge in [0.1, 0.15) is 0 Å². The van der Waals surface area contributed by atoms with Crippen LogP contribution in [0, 0.1) is 0 Å². The number of aliphatic hydroxyl groups is 1. The molecule has 1 rings (SSSR count). The number of carbonyl (C=O) groups is 1. The number of nitrogens with zero attached hydrogens (tertiary/aromatic N) is 1. The van der Waals surface area contributed by atoms with E-state index in [1.165, 1.54) is 6.42 Å². The lowest BCUT2D eigenvalue weighted by Gasteiger charge is -2.37. The summed E-state index contributed by atoms with van der Waals surface area (Å²) < 4.78 is 5.34. The van der Waals surface area contributed by atoms with E-state index in [0.29, 0.717) is 32.0 Å². The van der Waals surface area contributed by atoms with Gasteiger partial charge in [0.15, 0.2) is 0 Å². The highest BCUT2D eigenvalue weighted by Gasteiger charge is 2.27. The molecule has 0 unspecified atom stereocenters. The van der Waals surface area contributed by atoms with Crippen molar-refractivity contribution in [1.82, 2.24) is 4.90 Å². The van der Waals surface area contributed by atoms with Crippen molar-refractivity contribution in [2.24, 2.45) is 0 Å². The molecular formula is C13H25NO3. The zero-order valence-corrected chi connectivity index (χ0v) is 10.9. The Bertz CT molecular complexity index is 217. The summed E-state index contributed by atoms with van der Waals surface area (Å²) in [6, 6.07) is 0.417. The van der Waals surface area contributed by atoms with E-state index in [9.17, 15) is 4.79 Å². The molecule has 0 heterocycles. The molecule has 0 atom stereocenters. The Morgan fingerprint density at radius 1 is 1.41 bits per heavy atom. The summed E-state index contributed by atoms with van der Waals surface area (Å²) in [4.78, 5) is 14.0. The lowest BCUT2D eigenvalue weighted by Crippen LogP contribution is -2.45. The maximum atomic E-state index is 12.0. The molecule has 0 saturated heterocycles. The highest BCUT2D eigenvalue weighted by Crippen LogP contribution is 2.25. The number of hydrogen-bond acceptors (Lipinski definition) is 3. The molecule has 1 fully saturated rings. The van der Waals surface area contributed by atoms with E-state index in [4.69, 9.17) is 9.84 Å². The molecule has 17 heavy (non-hydrogen) atoms. The quantitative estimate of drug-likeness (QED) is 0.625. The average molecular weight is 243 g/mol. The minimum absolute atomic E-state index is 0.156. The van der Waals surface area contributed by atoms with Gasteiger partial charge in [-0.3, -0.25) is 4.79 Å². The van der Waals surface area contributed by atoms with E-state index in [1.807, 2.05) is 4.90 Å². The highest BCUT2D eigenvalue weighted by atomic mass is 16.5. The van der Waals surface area contributed by atoms with Gasteiger partial charge in [-0.2, -0.15) is 0 Å². The maximum absolute atomic E-state index is 12.0. The molecule has 4 heteroatoms. The first-order chi connectivity index (χ1) is 8.29. The van der Waals surface area contributed by atoms with Crippen molar-refractivity contribution in [3.63, 3.8) is 0 Å². The summed E-state index contributed by atoms with van der Waals surface area (Å²) in [6.07, 6.45) is 5.60. The SMILES string of the molecule is CCCOCCC(=O)N(CCCO)C1CCC1. The molecule has 0 aromatic rings. The van der Waals surface area contributed by atoms with Crippen LogP contribution in [0.15, 0.2) is 0 Å². The summed E-state index contributed by atoms with van der Waals surface area (Å²) in [5.41, 5.74) is 0. The van der Waals surface area contributed by atoms with Gasteiger partial charge in [0.25, 0.3) is 0 Å². The molecule has 1 amide bonds.